The molecule has 2 amide bonds. The first kappa shape index (κ1) is 19.3. The molecule has 1 saturated heterocycles. The zero-order valence-electron chi connectivity index (χ0n) is 15.8. The highest BCUT2D eigenvalue weighted by Gasteiger charge is 2.63. The minimum Gasteiger partial charge on any atom is -0.310 e. The lowest BCUT2D eigenvalue weighted by molar-refractivity contribution is -0.123. The molecule has 0 radical (unpaired) electrons. The SMILES string of the molecule is CCN1C(=O)[C@]2(SC(C)(C)CN2C(=O)c2ccc(Cl)cc2)c2cc(F)ccc21. The number of benzene rings is 2. The van der Waals surface area contributed by atoms with Gasteiger partial charge in [-0.15, -0.1) is 11.8 Å². The van der Waals surface area contributed by atoms with Crippen LogP contribution >= 0.6 is 23.4 Å². The van der Waals surface area contributed by atoms with Crippen LogP contribution in [0.25, 0.3) is 0 Å². The number of likely N-dealkylation sites (N-methyl/N-ethyl adjacent to an activating group) is 1. The zero-order valence-corrected chi connectivity index (χ0v) is 17.4. The molecule has 146 valence electrons. The third kappa shape index (κ3) is 2.73. The molecule has 4 rings (SSSR count). The van der Waals surface area contributed by atoms with Crippen LogP contribution in [-0.4, -0.2) is 34.6 Å². The third-order valence-corrected chi connectivity index (χ3v) is 6.99. The van der Waals surface area contributed by atoms with Crippen LogP contribution in [-0.2, 0) is 9.67 Å². The Kier molecular flexibility index (Phi) is 4.47. The summed E-state index contributed by atoms with van der Waals surface area (Å²) in [5.41, 5.74) is 1.65. The Bertz CT molecular complexity index is 979. The molecule has 0 bridgehead atoms. The molecule has 2 heterocycles. The highest BCUT2D eigenvalue weighted by molar-refractivity contribution is 8.02. The van der Waals surface area contributed by atoms with Crippen molar-refractivity contribution in [2.24, 2.45) is 0 Å². The Balaban J connectivity index is 1.90. The van der Waals surface area contributed by atoms with E-state index in [9.17, 15) is 14.0 Å². The van der Waals surface area contributed by atoms with Crippen LogP contribution in [0.5, 0.6) is 0 Å². The van der Waals surface area contributed by atoms with Crippen molar-refractivity contribution >= 4 is 40.9 Å². The first-order valence-electron chi connectivity index (χ1n) is 9.09. The summed E-state index contributed by atoms with van der Waals surface area (Å²) in [6.45, 7) is 6.69. The van der Waals surface area contributed by atoms with E-state index in [-0.39, 0.29) is 16.6 Å². The Morgan fingerprint density at radius 3 is 2.54 bits per heavy atom. The minimum atomic E-state index is -1.27. The average Bonchev–Trinajstić information content (AvgIpc) is 3.07. The van der Waals surface area contributed by atoms with E-state index < -0.39 is 10.7 Å². The van der Waals surface area contributed by atoms with Crippen molar-refractivity contribution in [1.82, 2.24) is 4.90 Å². The molecular formula is C21H20ClFN2O2S. The number of amides is 2. The van der Waals surface area contributed by atoms with Crippen LogP contribution in [0.4, 0.5) is 10.1 Å². The molecule has 1 spiro atoms. The average molecular weight is 419 g/mol. The third-order valence-electron chi connectivity index (χ3n) is 5.15. The van der Waals surface area contributed by atoms with Crippen LogP contribution in [0.3, 0.4) is 0 Å². The second-order valence-corrected chi connectivity index (χ2v) is 9.95. The van der Waals surface area contributed by atoms with Gasteiger partial charge in [-0.2, -0.15) is 0 Å². The van der Waals surface area contributed by atoms with E-state index in [1.807, 2.05) is 20.8 Å². The number of carbonyl (C=O) groups excluding carboxylic acids is 2. The highest BCUT2D eigenvalue weighted by atomic mass is 35.5. The molecule has 1 atom stereocenters. The second kappa shape index (κ2) is 6.49. The van der Waals surface area contributed by atoms with Crippen molar-refractivity contribution in [2.75, 3.05) is 18.0 Å². The van der Waals surface area contributed by atoms with E-state index in [4.69, 9.17) is 11.6 Å². The Morgan fingerprint density at radius 2 is 1.89 bits per heavy atom. The fourth-order valence-electron chi connectivity index (χ4n) is 4.04. The van der Waals surface area contributed by atoms with E-state index in [0.717, 1.165) is 0 Å². The van der Waals surface area contributed by atoms with Crippen molar-refractivity contribution in [3.63, 3.8) is 0 Å². The fraction of sp³-hybridized carbons (Fsp3) is 0.333. The summed E-state index contributed by atoms with van der Waals surface area (Å²) in [6.07, 6.45) is 0. The van der Waals surface area contributed by atoms with Gasteiger partial charge in [0.2, 0.25) is 0 Å². The van der Waals surface area contributed by atoms with Gasteiger partial charge in [0.25, 0.3) is 11.8 Å². The number of nitrogens with zero attached hydrogens (tertiary/aromatic N) is 2. The lowest BCUT2D eigenvalue weighted by Crippen LogP contribution is -2.50. The van der Waals surface area contributed by atoms with Crippen molar-refractivity contribution in [3.8, 4) is 0 Å². The number of thioether (sulfide) groups is 1. The molecule has 0 aromatic heterocycles. The van der Waals surface area contributed by atoms with E-state index in [1.165, 1.54) is 23.9 Å². The fourth-order valence-corrected chi connectivity index (χ4v) is 5.89. The summed E-state index contributed by atoms with van der Waals surface area (Å²) < 4.78 is 13.8. The van der Waals surface area contributed by atoms with Crippen LogP contribution in [0.2, 0.25) is 5.02 Å². The Hall–Kier alpha value is -2.05. The lowest BCUT2D eigenvalue weighted by Gasteiger charge is -2.33. The number of rotatable bonds is 2. The monoisotopic (exact) mass is 418 g/mol. The Labute approximate surface area is 172 Å². The van der Waals surface area contributed by atoms with Gasteiger partial charge >= 0.3 is 0 Å². The summed E-state index contributed by atoms with van der Waals surface area (Å²) in [6, 6.07) is 11.0. The van der Waals surface area contributed by atoms with Crippen LogP contribution in [0.1, 0.15) is 36.7 Å². The topological polar surface area (TPSA) is 40.6 Å². The first-order chi connectivity index (χ1) is 13.2. The van der Waals surface area contributed by atoms with Gasteiger partial charge in [-0.1, -0.05) is 11.6 Å². The van der Waals surface area contributed by atoms with Crippen LogP contribution in [0.15, 0.2) is 42.5 Å². The molecule has 7 heteroatoms. The van der Waals surface area contributed by atoms with Gasteiger partial charge in [0.05, 0.1) is 5.69 Å². The molecule has 0 unspecified atom stereocenters. The predicted molar refractivity (Wildman–Crippen MR) is 110 cm³/mol. The summed E-state index contributed by atoms with van der Waals surface area (Å²) in [5, 5.41) is 0.531. The van der Waals surface area contributed by atoms with Crippen molar-refractivity contribution in [2.45, 2.75) is 30.4 Å². The van der Waals surface area contributed by atoms with Crippen LogP contribution in [0, 0.1) is 5.82 Å². The number of hydrogen-bond donors (Lipinski definition) is 0. The number of hydrogen-bond acceptors (Lipinski definition) is 3. The molecule has 2 aliphatic rings. The first-order valence-corrected chi connectivity index (χ1v) is 10.3. The number of halogens is 2. The van der Waals surface area contributed by atoms with E-state index >= 15 is 0 Å². The minimum absolute atomic E-state index is 0.200. The largest absolute Gasteiger partial charge is 0.310 e. The maximum absolute atomic E-state index is 14.2. The molecule has 0 saturated carbocycles. The predicted octanol–water partition coefficient (Wildman–Crippen LogP) is 4.67. The summed E-state index contributed by atoms with van der Waals surface area (Å²) in [4.78, 5) is 29.0. The van der Waals surface area contributed by atoms with Gasteiger partial charge in [-0.05, 0) is 63.2 Å². The smallest absolute Gasteiger partial charge is 0.268 e. The summed E-state index contributed by atoms with van der Waals surface area (Å²) in [7, 11) is 0. The quantitative estimate of drug-likeness (QED) is 0.711. The number of anilines is 1. The summed E-state index contributed by atoms with van der Waals surface area (Å²) >= 11 is 7.37. The highest BCUT2D eigenvalue weighted by Crippen LogP contribution is 2.59. The zero-order chi connectivity index (χ0) is 20.3. The molecule has 4 nitrogen and oxygen atoms in total. The maximum atomic E-state index is 14.2. The van der Waals surface area contributed by atoms with Gasteiger partial charge in [0.1, 0.15) is 5.82 Å². The van der Waals surface area contributed by atoms with Gasteiger partial charge in [-0.3, -0.25) is 9.59 Å². The van der Waals surface area contributed by atoms with Gasteiger partial charge in [0.15, 0.2) is 4.87 Å². The normalized spacial score (nSPS) is 22.8. The second-order valence-electron chi connectivity index (χ2n) is 7.61. The molecular weight excluding hydrogens is 399 g/mol. The van der Waals surface area contributed by atoms with E-state index in [0.29, 0.717) is 34.9 Å². The summed E-state index contributed by atoms with van der Waals surface area (Å²) in [5.74, 6) is -0.891. The molecule has 2 aliphatic heterocycles. The molecule has 28 heavy (non-hydrogen) atoms. The number of carbonyl (C=O) groups is 2. The van der Waals surface area contributed by atoms with Gasteiger partial charge in [0, 0.05) is 34.0 Å². The van der Waals surface area contributed by atoms with Gasteiger partial charge in [-0.25, -0.2) is 4.39 Å². The number of fused-ring (bicyclic) bond motifs is 2. The van der Waals surface area contributed by atoms with Crippen molar-refractivity contribution in [1.29, 1.82) is 0 Å². The molecule has 2 aromatic rings. The maximum Gasteiger partial charge on any atom is 0.268 e. The van der Waals surface area contributed by atoms with Crippen LogP contribution < -0.4 is 4.90 Å². The molecule has 2 aromatic carbocycles. The molecule has 0 N–H and O–H groups in total. The van der Waals surface area contributed by atoms with Gasteiger partial charge < -0.3 is 9.80 Å². The van der Waals surface area contributed by atoms with Crippen molar-refractivity contribution in [3.05, 3.63) is 64.4 Å². The lowest BCUT2D eigenvalue weighted by atomic mass is 10.0. The van der Waals surface area contributed by atoms with Crippen molar-refractivity contribution < 1.29 is 14.0 Å². The van der Waals surface area contributed by atoms with E-state index in [1.54, 1.807) is 40.1 Å². The molecule has 0 aliphatic carbocycles. The Morgan fingerprint density at radius 1 is 1.21 bits per heavy atom. The molecule has 1 fully saturated rings. The van der Waals surface area contributed by atoms with E-state index in [2.05, 4.69) is 0 Å². The standard InChI is InChI=1S/C21H20ClFN2O2S/c1-4-24-17-10-9-15(23)11-16(17)21(19(24)27)25(12-20(2,3)28-21)18(26)13-5-7-14(22)8-6-13/h5-11H,4,12H2,1-3H3/t21-/m1/s1.